The normalized spacial score (nSPS) is 17.1. The quantitative estimate of drug-likeness (QED) is 0.540. The highest BCUT2D eigenvalue weighted by molar-refractivity contribution is 5.77. The molecule has 2 heterocycles. The minimum atomic E-state index is 0.300. The summed E-state index contributed by atoms with van der Waals surface area (Å²) in [7, 11) is 0. The molecule has 0 bridgehead atoms. The molecule has 1 aromatic rings. The van der Waals surface area contributed by atoms with Gasteiger partial charge in [-0.3, -0.25) is 5.41 Å². The average molecular weight is 233 g/mol. The number of nitrogens with one attached hydrogen (secondary N) is 1. The van der Waals surface area contributed by atoms with Gasteiger partial charge in [0.15, 0.2) is 0 Å². The number of nitrogens with zero attached hydrogens (tertiary/aromatic N) is 2. The molecule has 92 valence electrons. The van der Waals surface area contributed by atoms with Crippen molar-refractivity contribution < 1.29 is 0 Å². The van der Waals surface area contributed by atoms with E-state index in [-0.39, 0.29) is 0 Å². The van der Waals surface area contributed by atoms with Gasteiger partial charge >= 0.3 is 0 Å². The highest BCUT2D eigenvalue weighted by Crippen LogP contribution is 2.23. The number of rotatable bonds is 3. The predicted molar refractivity (Wildman–Crippen MR) is 70.1 cm³/mol. The molecule has 0 radical (unpaired) electrons. The number of hydrogen-bond donors (Lipinski definition) is 3. The summed E-state index contributed by atoms with van der Waals surface area (Å²) in [6, 6.07) is 3.84. The van der Waals surface area contributed by atoms with Crippen LogP contribution in [0.1, 0.15) is 19.3 Å². The van der Waals surface area contributed by atoms with E-state index in [2.05, 4.69) is 9.88 Å². The Morgan fingerprint density at radius 2 is 2.12 bits per heavy atom. The summed E-state index contributed by atoms with van der Waals surface area (Å²) in [6.45, 7) is 1.96. The molecule has 5 nitrogen and oxygen atoms in total. The second-order valence-electron chi connectivity index (χ2n) is 4.61. The van der Waals surface area contributed by atoms with E-state index in [0.29, 0.717) is 17.4 Å². The number of amidine groups is 1. The van der Waals surface area contributed by atoms with E-state index in [0.717, 1.165) is 38.2 Å². The first kappa shape index (κ1) is 11.7. The van der Waals surface area contributed by atoms with Crippen LogP contribution >= 0.6 is 0 Å². The molecule has 0 amide bonds. The van der Waals surface area contributed by atoms with Gasteiger partial charge in [0, 0.05) is 19.5 Å². The first-order chi connectivity index (χ1) is 8.15. The molecule has 1 saturated heterocycles. The second kappa shape index (κ2) is 5.03. The number of pyridine rings is 1. The molecular weight excluding hydrogens is 214 g/mol. The van der Waals surface area contributed by atoms with E-state index in [9.17, 15) is 0 Å². The molecule has 0 atom stereocenters. The average Bonchev–Trinajstić information content (AvgIpc) is 2.30. The summed E-state index contributed by atoms with van der Waals surface area (Å²) < 4.78 is 0. The van der Waals surface area contributed by atoms with Gasteiger partial charge in [-0.25, -0.2) is 4.98 Å². The highest BCUT2D eigenvalue weighted by Gasteiger charge is 2.20. The fraction of sp³-hybridized carbons (Fsp3) is 0.500. The third kappa shape index (κ3) is 3.09. The lowest BCUT2D eigenvalue weighted by Gasteiger charge is -2.32. The van der Waals surface area contributed by atoms with Gasteiger partial charge in [0.1, 0.15) is 5.82 Å². The van der Waals surface area contributed by atoms with Crippen LogP contribution in [0.25, 0.3) is 0 Å². The Bertz CT molecular complexity index is 378. The molecule has 1 aliphatic rings. The van der Waals surface area contributed by atoms with E-state index in [1.807, 2.05) is 12.1 Å². The summed E-state index contributed by atoms with van der Waals surface area (Å²) >= 11 is 0. The smallest absolute Gasteiger partial charge is 0.128 e. The monoisotopic (exact) mass is 233 g/mol. The van der Waals surface area contributed by atoms with Crippen LogP contribution in [-0.2, 0) is 0 Å². The molecule has 1 fully saturated rings. The summed E-state index contributed by atoms with van der Waals surface area (Å²) in [5, 5.41) is 7.31. The van der Waals surface area contributed by atoms with Crippen molar-refractivity contribution in [3.63, 3.8) is 0 Å². The molecule has 0 spiro atoms. The van der Waals surface area contributed by atoms with Crippen molar-refractivity contribution in [2.24, 2.45) is 11.7 Å². The summed E-state index contributed by atoms with van der Waals surface area (Å²) in [4.78, 5) is 6.58. The molecule has 0 saturated carbocycles. The zero-order valence-corrected chi connectivity index (χ0v) is 9.89. The van der Waals surface area contributed by atoms with Gasteiger partial charge in [-0.2, -0.15) is 0 Å². The van der Waals surface area contributed by atoms with Crippen LogP contribution in [-0.4, -0.2) is 23.9 Å². The summed E-state index contributed by atoms with van der Waals surface area (Å²) in [5.74, 6) is 1.84. The Hall–Kier alpha value is -1.78. The lowest BCUT2D eigenvalue weighted by Crippen LogP contribution is -2.35. The van der Waals surface area contributed by atoms with Gasteiger partial charge in [0.2, 0.25) is 0 Å². The van der Waals surface area contributed by atoms with Crippen molar-refractivity contribution >= 4 is 17.3 Å². The fourth-order valence-electron chi connectivity index (χ4n) is 2.26. The van der Waals surface area contributed by atoms with E-state index in [1.54, 1.807) is 6.20 Å². The van der Waals surface area contributed by atoms with Crippen LogP contribution in [0.15, 0.2) is 18.3 Å². The zero-order valence-electron chi connectivity index (χ0n) is 9.89. The third-order valence-electron chi connectivity index (χ3n) is 3.22. The van der Waals surface area contributed by atoms with Gasteiger partial charge in [0.25, 0.3) is 0 Å². The van der Waals surface area contributed by atoms with E-state index >= 15 is 0 Å². The molecule has 17 heavy (non-hydrogen) atoms. The molecule has 1 aliphatic heterocycles. The number of nitrogen functional groups attached to an aromatic ring is 1. The number of aromatic nitrogens is 1. The van der Waals surface area contributed by atoms with Crippen LogP contribution in [0.2, 0.25) is 0 Å². The Morgan fingerprint density at radius 1 is 1.41 bits per heavy atom. The van der Waals surface area contributed by atoms with Crippen LogP contribution < -0.4 is 16.4 Å². The number of anilines is 2. The van der Waals surface area contributed by atoms with Crippen LogP contribution in [0.5, 0.6) is 0 Å². The Labute approximate surface area is 101 Å². The van der Waals surface area contributed by atoms with Gasteiger partial charge in [-0.05, 0) is 30.9 Å². The largest absolute Gasteiger partial charge is 0.397 e. The van der Waals surface area contributed by atoms with Crippen molar-refractivity contribution in [1.82, 2.24) is 4.98 Å². The predicted octanol–water partition coefficient (Wildman–Crippen LogP) is 1.21. The van der Waals surface area contributed by atoms with E-state index < -0.39 is 0 Å². The summed E-state index contributed by atoms with van der Waals surface area (Å²) in [6.07, 6.45) is 4.57. The summed E-state index contributed by atoms with van der Waals surface area (Å²) in [5.41, 5.74) is 11.7. The minimum Gasteiger partial charge on any atom is -0.397 e. The maximum atomic E-state index is 7.31. The first-order valence-corrected chi connectivity index (χ1v) is 5.94. The Kier molecular flexibility index (Phi) is 3.46. The van der Waals surface area contributed by atoms with E-state index in [1.165, 1.54) is 0 Å². The maximum Gasteiger partial charge on any atom is 0.128 e. The number of piperidine rings is 1. The van der Waals surface area contributed by atoms with Crippen LogP contribution in [0, 0.1) is 11.3 Å². The molecule has 2 rings (SSSR count). The van der Waals surface area contributed by atoms with Gasteiger partial charge in [0.05, 0.1) is 17.7 Å². The van der Waals surface area contributed by atoms with Crippen molar-refractivity contribution in [3.05, 3.63) is 18.3 Å². The topological polar surface area (TPSA) is 92.0 Å². The van der Waals surface area contributed by atoms with Gasteiger partial charge in [-0.15, -0.1) is 0 Å². The van der Waals surface area contributed by atoms with Crippen molar-refractivity contribution in [3.8, 4) is 0 Å². The molecule has 5 N–H and O–H groups in total. The van der Waals surface area contributed by atoms with Crippen molar-refractivity contribution in [2.75, 3.05) is 23.7 Å². The van der Waals surface area contributed by atoms with Crippen LogP contribution in [0.3, 0.4) is 0 Å². The lowest BCUT2D eigenvalue weighted by atomic mass is 9.93. The Morgan fingerprint density at radius 3 is 2.65 bits per heavy atom. The highest BCUT2D eigenvalue weighted by atomic mass is 15.2. The van der Waals surface area contributed by atoms with Gasteiger partial charge < -0.3 is 16.4 Å². The van der Waals surface area contributed by atoms with Crippen molar-refractivity contribution in [2.45, 2.75) is 19.3 Å². The zero-order chi connectivity index (χ0) is 12.3. The molecule has 0 aliphatic carbocycles. The van der Waals surface area contributed by atoms with Crippen molar-refractivity contribution in [1.29, 1.82) is 5.41 Å². The van der Waals surface area contributed by atoms with Crippen LogP contribution in [0.4, 0.5) is 11.5 Å². The fourth-order valence-corrected chi connectivity index (χ4v) is 2.26. The maximum absolute atomic E-state index is 7.31. The van der Waals surface area contributed by atoms with E-state index in [4.69, 9.17) is 16.9 Å². The lowest BCUT2D eigenvalue weighted by molar-refractivity contribution is 0.415. The molecule has 1 aromatic heterocycles. The molecule has 5 heteroatoms. The third-order valence-corrected chi connectivity index (χ3v) is 3.22. The SMILES string of the molecule is N=C(N)CC1CCN(c2ccc(N)cn2)CC1. The molecule has 0 aromatic carbocycles. The Balaban J connectivity index is 1.90. The number of nitrogens with two attached hydrogens (primary N) is 2. The standard InChI is InChI=1S/C12H19N5/c13-10-1-2-12(16-8-10)17-5-3-9(4-6-17)7-11(14)15/h1-2,8-9H,3-7,13H2,(H3,14,15). The van der Waals surface area contributed by atoms with Gasteiger partial charge in [-0.1, -0.05) is 0 Å². The molecular formula is C12H19N5. The molecule has 0 unspecified atom stereocenters. The first-order valence-electron chi connectivity index (χ1n) is 5.94. The minimum absolute atomic E-state index is 0.300. The second-order valence-corrected chi connectivity index (χ2v) is 4.61. The number of hydrogen-bond acceptors (Lipinski definition) is 4.